The van der Waals surface area contributed by atoms with Crippen molar-refractivity contribution in [2.24, 2.45) is 5.92 Å². The second-order valence-electron chi connectivity index (χ2n) is 6.54. The molecular formula is C16H27N3O2. The number of likely N-dealkylation sites (N-methyl/N-ethyl adjacent to an activating group) is 1. The highest BCUT2D eigenvalue weighted by atomic mass is 16.5. The maximum Gasteiger partial charge on any atom is 0.208 e. The van der Waals surface area contributed by atoms with Crippen molar-refractivity contribution >= 4 is 0 Å². The van der Waals surface area contributed by atoms with Crippen LogP contribution in [0.2, 0.25) is 0 Å². The third kappa shape index (κ3) is 4.05. The number of ether oxygens (including phenoxy) is 1. The standard InChI is InChI=1S/C16H27N3O2/c1-13-9-17-16(21-13)12-18(2)15-3-6-19(11-15)10-14-4-7-20-8-5-14/h9,14-15H,3-8,10-12H2,1-2H3/t15-/m1/s1. The average molecular weight is 293 g/mol. The number of hydrogen-bond donors (Lipinski definition) is 0. The van der Waals surface area contributed by atoms with Crippen LogP contribution >= 0.6 is 0 Å². The molecule has 0 spiro atoms. The van der Waals surface area contributed by atoms with Crippen LogP contribution in [0.4, 0.5) is 0 Å². The van der Waals surface area contributed by atoms with Crippen LogP contribution in [0.25, 0.3) is 0 Å². The summed E-state index contributed by atoms with van der Waals surface area (Å²) in [6, 6.07) is 0.622. The molecule has 0 saturated carbocycles. The molecule has 1 atom stereocenters. The summed E-state index contributed by atoms with van der Waals surface area (Å²) in [6.07, 6.45) is 5.51. The molecule has 0 amide bonds. The third-order valence-electron chi connectivity index (χ3n) is 4.78. The Hall–Kier alpha value is -0.910. The van der Waals surface area contributed by atoms with Crippen molar-refractivity contribution in [2.45, 2.75) is 38.8 Å². The van der Waals surface area contributed by atoms with E-state index in [0.29, 0.717) is 6.04 Å². The monoisotopic (exact) mass is 293 g/mol. The highest BCUT2D eigenvalue weighted by molar-refractivity contribution is 4.92. The number of oxazole rings is 1. The number of nitrogens with zero attached hydrogens (tertiary/aromatic N) is 3. The molecule has 0 aliphatic carbocycles. The Kier molecular flexibility index (Phi) is 4.93. The van der Waals surface area contributed by atoms with Crippen molar-refractivity contribution in [2.75, 3.05) is 39.9 Å². The molecule has 21 heavy (non-hydrogen) atoms. The summed E-state index contributed by atoms with van der Waals surface area (Å²) in [6.45, 7) is 8.29. The van der Waals surface area contributed by atoms with Crippen LogP contribution in [0.15, 0.2) is 10.6 Å². The summed E-state index contributed by atoms with van der Waals surface area (Å²) in [5.74, 6) is 2.56. The molecule has 2 saturated heterocycles. The molecule has 0 radical (unpaired) electrons. The van der Waals surface area contributed by atoms with E-state index in [0.717, 1.165) is 37.3 Å². The minimum Gasteiger partial charge on any atom is -0.445 e. The Morgan fingerprint density at radius 1 is 1.33 bits per heavy atom. The summed E-state index contributed by atoms with van der Waals surface area (Å²) >= 11 is 0. The fourth-order valence-corrected chi connectivity index (χ4v) is 3.45. The zero-order valence-corrected chi connectivity index (χ0v) is 13.3. The number of likely N-dealkylation sites (tertiary alicyclic amines) is 1. The SMILES string of the molecule is Cc1cnc(CN(C)[C@@H]2CCN(CC3CCOCC3)C2)o1. The van der Waals surface area contributed by atoms with E-state index in [1.165, 1.54) is 38.9 Å². The topological polar surface area (TPSA) is 41.7 Å². The Balaban J connectivity index is 1.44. The van der Waals surface area contributed by atoms with E-state index in [-0.39, 0.29) is 0 Å². The first-order valence-electron chi connectivity index (χ1n) is 8.12. The van der Waals surface area contributed by atoms with Crippen LogP contribution in [0, 0.1) is 12.8 Å². The summed E-state index contributed by atoms with van der Waals surface area (Å²) in [5, 5.41) is 0. The van der Waals surface area contributed by atoms with Gasteiger partial charge in [0.2, 0.25) is 5.89 Å². The van der Waals surface area contributed by atoms with Crippen LogP contribution in [0.3, 0.4) is 0 Å². The van der Waals surface area contributed by atoms with Gasteiger partial charge in [0.15, 0.2) is 0 Å². The van der Waals surface area contributed by atoms with Crippen LogP contribution < -0.4 is 0 Å². The van der Waals surface area contributed by atoms with Gasteiger partial charge in [0, 0.05) is 32.3 Å². The number of rotatable bonds is 5. The van der Waals surface area contributed by atoms with Crippen LogP contribution in [0.5, 0.6) is 0 Å². The van der Waals surface area contributed by atoms with Gasteiger partial charge in [-0.25, -0.2) is 4.98 Å². The molecule has 0 aromatic carbocycles. The molecule has 118 valence electrons. The van der Waals surface area contributed by atoms with E-state index >= 15 is 0 Å². The van der Waals surface area contributed by atoms with Gasteiger partial charge in [0.05, 0.1) is 12.7 Å². The van der Waals surface area contributed by atoms with Crippen LogP contribution in [0.1, 0.15) is 30.9 Å². The Labute approximate surface area is 127 Å². The molecule has 1 aromatic heterocycles. The van der Waals surface area contributed by atoms with Gasteiger partial charge in [-0.2, -0.15) is 0 Å². The maximum absolute atomic E-state index is 5.58. The van der Waals surface area contributed by atoms with Crippen LogP contribution in [-0.2, 0) is 11.3 Å². The molecule has 2 fully saturated rings. The molecule has 2 aliphatic rings. The molecule has 3 rings (SSSR count). The van der Waals surface area contributed by atoms with Crippen molar-refractivity contribution in [3.8, 4) is 0 Å². The van der Waals surface area contributed by atoms with Gasteiger partial charge >= 0.3 is 0 Å². The van der Waals surface area contributed by atoms with Gasteiger partial charge < -0.3 is 14.1 Å². The Morgan fingerprint density at radius 2 is 2.14 bits per heavy atom. The highest BCUT2D eigenvalue weighted by Gasteiger charge is 2.28. The molecule has 2 aliphatic heterocycles. The second kappa shape index (κ2) is 6.90. The van der Waals surface area contributed by atoms with Crippen molar-refractivity contribution < 1.29 is 9.15 Å². The van der Waals surface area contributed by atoms with E-state index in [1.807, 2.05) is 6.92 Å². The van der Waals surface area contributed by atoms with E-state index in [2.05, 4.69) is 21.8 Å². The number of aryl methyl sites for hydroxylation is 1. The quantitative estimate of drug-likeness (QED) is 0.829. The Bertz CT molecular complexity index is 442. The lowest BCUT2D eigenvalue weighted by molar-refractivity contribution is 0.0545. The highest BCUT2D eigenvalue weighted by Crippen LogP contribution is 2.21. The lowest BCUT2D eigenvalue weighted by atomic mass is 10.00. The lowest BCUT2D eigenvalue weighted by Crippen LogP contribution is -2.36. The van der Waals surface area contributed by atoms with Crippen molar-refractivity contribution in [3.05, 3.63) is 17.8 Å². The first kappa shape index (κ1) is 15.0. The minimum atomic E-state index is 0.622. The predicted molar refractivity (Wildman–Crippen MR) is 81.1 cm³/mol. The van der Waals surface area contributed by atoms with Gasteiger partial charge in [0.1, 0.15) is 5.76 Å². The normalized spacial score (nSPS) is 25.0. The zero-order chi connectivity index (χ0) is 14.7. The van der Waals surface area contributed by atoms with Gasteiger partial charge in [-0.1, -0.05) is 0 Å². The molecule has 3 heterocycles. The average Bonchev–Trinajstić information content (AvgIpc) is 3.09. The van der Waals surface area contributed by atoms with Gasteiger partial charge in [-0.3, -0.25) is 4.90 Å². The molecule has 5 heteroatoms. The van der Waals surface area contributed by atoms with Crippen molar-refractivity contribution in [3.63, 3.8) is 0 Å². The summed E-state index contributed by atoms with van der Waals surface area (Å²) < 4.78 is 11.0. The van der Waals surface area contributed by atoms with Crippen molar-refractivity contribution in [1.29, 1.82) is 0 Å². The van der Waals surface area contributed by atoms with E-state index in [1.54, 1.807) is 6.20 Å². The lowest BCUT2D eigenvalue weighted by Gasteiger charge is -2.28. The Morgan fingerprint density at radius 3 is 2.86 bits per heavy atom. The van der Waals surface area contributed by atoms with Crippen molar-refractivity contribution in [1.82, 2.24) is 14.8 Å². The van der Waals surface area contributed by atoms with E-state index < -0.39 is 0 Å². The molecule has 1 aromatic rings. The van der Waals surface area contributed by atoms with Gasteiger partial charge in [-0.15, -0.1) is 0 Å². The second-order valence-corrected chi connectivity index (χ2v) is 6.54. The molecule has 0 unspecified atom stereocenters. The van der Waals surface area contributed by atoms with Gasteiger partial charge in [0.25, 0.3) is 0 Å². The molecule has 0 N–H and O–H groups in total. The van der Waals surface area contributed by atoms with Gasteiger partial charge in [-0.05, 0) is 45.7 Å². The number of hydrogen-bond acceptors (Lipinski definition) is 5. The zero-order valence-electron chi connectivity index (χ0n) is 13.3. The summed E-state index contributed by atoms with van der Waals surface area (Å²) in [4.78, 5) is 9.31. The maximum atomic E-state index is 5.58. The molecule has 0 bridgehead atoms. The first-order valence-corrected chi connectivity index (χ1v) is 8.12. The van der Waals surface area contributed by atoms with E-state index in [4.69, 9.17) is 9.15 Å². The number of aromatic nitrogens is 1. The predicted octanol–water partition coefficient (Wildman–Crippen LogP) is 1.92. The molecule has 5 nitrogen and oxygen atoms in total. The fraction of sp³-hybridized carbons (Fsp3) is 0.812. The smallest absolute Gasteiger partial charge is 0.208 e. The van der Waals surface area contributed by atoms with Crippen LogP contribution in [-0.4, -0.2) is 60.7 Å². The third-order valence-corrected chi connectivity index (χ3v) is 4.78. The first-order chi connectivity index (χ1) is 10.2. The fourth-order valence-electron chi connectivity index (χ4n) is 3.45. The summed E-state index contributed by atoms with van der Waals surface area (Å²) in [5.41, 5.74) is 0. The van der Waals surface area contributed by atoms with E-state index in [9.17, 15) is 0 Å². The summed E-state index contributed by atoms with van der Waals surface area (Å²) in [7, 11) is 2.18. The minimum absolute atomic E-state index is 0.622. The molecular weight excluding hydrogens is 266 g/mol. The largest absolute Gasteiger partial charge is 0.445 e.